The summed E-state index contributed by atoms with van der Waals surface area (Å²) in [6.45, 7) is 5.12. The summed E-state index contributed by atoms with van der Waals surface area (Å²) >= 11 is 0. The first kappa shape index (κ1) is 22.9. The van der Waals surface area contributed by atoms with Crippen LogP contribution in [0, 0.1) is 0 Å². The number of carboxylic acid groups (broad SMARTS) is 1. The summed E-state index contributed by atoms with van der Waals surface area (Å²) in [5.41, 5.74) is 1.05. The van der Waals surface area contributed by atoms with E-state index in [0.29, 0.717) is 18.8 Å². The van der Waals surface area contributed by atoms with Crippen LogP contribution in [0.25, 0.3) is 0 Å². The van der Waals surface area contributed by atoms with Crippen LogP contribution in [0.2, 0.25) is 0 Å². The zero-order valence-electron chi connectivity index (χ0n) is 18.2. The van der Waals surface area contributed by atoms with Gasteiger partial charge in [-0.3, -0.25) is 39.1 Å². The van der Waals surface area contributed by atoms with Gasteiger partial charge in [-0.25, -0.2) is 0 Å². The molecule has 2 saturated heterocycles. The maximum absolute atomic E-state index is 13.1. The van der Waals surface area contributed by atoms with Gasteiger partial charge in [-0.1, -0.05) is 6.07 Å². The number of carbonyl (C=O) groups is 5. The second-order valence-electron chi connectivity index (χ2n) is 8.43. The number of nitrogens with one attached hydrogen (secondary N) is 2. The van der Waals surface area contributed by atoms with E-state index in [1.807, 2.05) is 0 Å². The lowest BCUT2D eigenvalue weighted by Gasteiger charge is -2.34. The Bertz CT molecular complexity index is 987. The maximum Gasteiger partial charge on any atom is 0.304 e. The topological polar surface area (TPSA) is 139 Å². The van der Waals surface area contributed by atoms with Crippen molar-refractivity contribution in [2.75, 3.05) is 51.1 Å². The van der Waals surface area contributed by atoms with Crippen LogP contribution in [0.1, 0.15) is 40.0 Å². The van der Waals surface area contributed by atoms with Gasteiger partial charge >= 0.3 is 5.97 Å². The molecule has 0 saturated carbocycles. The number of imide groups is 2. The van der Waals surface area contributed by atoms with Crippen LogP contribution >= 0.6 is 0 Å². The Kier molecular flexibility index (Phi) is 6.70. The number of hydrogen-bond donors (Lipinski definition) is 3. The first-order valence-corrected chi connectivity index (χ1v) is 11.1. The van der Waals surface area contributed by atoms with Crippen LogP contribution in [0.15, 0.2) is 18.2 Å². The molecule has 11 nitrogen and oxygen atoms in total. The number of benzene rings is 1. The van der Waals surface area contributed by atoms with Crippen LogP contribution in [0.3, 0.4) is 0 Å². The third-order valence-corrected chi connectivity index (χ3v) is 6.32. The molecule has 11 heteroatoms. The minimum Gasteiger partial charge on any atom is -0.481 e. The summed E-state index contributed by atoms with van der Waals surface area (Å²) in [5, 5.41) is 14.3. The number of carbonyl (C=O) groups excluding carboxylic acids is 4. The molecule has 2 fully saturated rings. The smallest absolute Gasteiger partial charge is 0.304 e. The van der Waals surface area contributed by atoms with E-state index in [0.717, 1.165) is 37.6 Å². The lowest BCUT2D eigenvalue weighted by atomic mass is 10.0. The van der Waals surface area contributed by atoms with Gasteiger partial charge in [0.25, 0.3) is 11.8 Å². The van der Waals surface area contributed by atoms with Gasteiger partial charge in [0, 0.05) is 57.9 Å². The molecule has 1 aromatic rings. The van der Waals surface area contributed by atoms with E-state index in [-0.39, 0.29) is 30.4 Å². The molecule has 0 radical (unpaired) electrons. The van der Waals surface area contributed by atoms with E-state index in [1.165, 1.54) is 0 Å². The number of rotatable bonds is 8. The summed E-state index contributed by atoms with van der Waals surface area (Å²) in [4.78, 5) is 65.7. The van der Waals surface area contributed by atoms with Crippen molar-refractivity contribution in [1.29, 1.82) is 0 Å². The standard InChI is InChI=1S/C22H27N5O6/c28-17-5-4-16(20(31)24-17)27-21(32)14-2-1-3-15(19(14)22(27)33)23-7-9-26-12-10-25(11-13-26)8-6-18(29)30/h1-3,16,23H,4-13H2,(H,29,30)(H,24,28,31). The monoisotopic (exact) mass is 457 g/mol. The highest BCUT2D eigenvalue weighted by Gasteiger charge is 2.45. The Balaban J connectivity index is 1.34. The van der Waals surface area contributed by atoms with Crippen molar-refractivity contribution < 1.29 is 29.1 Å². The number of piperidine rings is 1. The van der Waals surface area contributed by atoms with Crippen molar-refractivity contribution >= 4 is 35.3 Å². The highest BCUT2D eigenvalue weighted by molar-refractivity contribution is 6.25. The number of amides is 4. The van der Waals surface area contributed by atoms with Gasteiger partial charge in [-0.15, -0.1) is 0 Å². The molecule has 4 amide bonds. The van der Waals surface area contributed by atoms with Gasteiger partial charge in [-0.2, -0.15) is 0 Å². The maximum atomic E-state index is 13.1. The molecule has 1 aromatic carbocycles. The molecule has 33 heavy (non-hydrogen) atoms. The average Bonchev–Trinajstić information content (AvgIpc) is 3.04. The first-order chi connectivity index (χ1) is 15.8. The minimum absolute atomic E-state index is 0.0818. The van der Waals surface area contributed by atoms with E-state index >= 15 is 0 Å². The van der Waals surface area contributed by atoms with Crippen molar-refractivity contribution in [3.63, 3.8) is 0 Å². The fourth-order valence-corrected chi connectivity index (χ4v) is 4.50. The quantitative estimate of drug-likeness (QED) is 0.445. The molecule has 3 aliphatic heterocycles. The Morgan fingerprint density at radius 2 is 1.73 bits per heavy atom. The average molecular weight is 457 g/mol. The molecular formula is C22H27N5O6. The molecule has 1 unspecified atom stereocenters. The lowest BCUT2D eigenvalue weighted by molar-refractivity contribution is -0.138. The molecule has 3 heterocycles. The number of hydrogen-bond acceptors (Lipinski definition) is 8. The zero-order valence-corrected chi connectivity index (χ0v) is 18.2. The van der Waals surface area contributed by atoms with Crippen molar-refractivity contribution in [1.82, 2.24) is 20.0 Å². The molecule has 1 atom stereocenters. The largest absolute Gasteiger partial charge is 0.481 e. The molecule has 0 aliphatic carbocycles. The second-order valence-corrected chi connectivity index (χ2v) is 8.43. The number of nitrogens with zero attached hydrogens (tertiary/aromatic N) is 3. The van der Waals surface area contributed by atoms with E-state index in [9.17, 15) is 24.0 Å². The van der Waals surface area contributed by atoms with Crippen LogP contribution in [0.5, 0.6) is 0 Å². The van der Waals surface area contributed by atoms with E-state index in [1.54, 1.807) is 18.2 Å². The Hall–Kier alpha value is -3.31. The van der Waals surface area contributed by atoms with Crippen LogP contribution in [-0.2, 0) is 14.4 Å². The van der Waals surface area contributed by atoms with E-state index in [4.69, 9.17) is 5.11 Å². The van der Waals surface area contributed by atoms with Gasteiger partial charge in [0.1, 0.15) is 6.04 Å². The molecule has 0 bridgehead atoms. The number of fused-ring (bicyclic) bond motifs is 1. The minimum atomic E-state index is -0.986. The number of carboxylic acids is 1. The SMILES string of the molecule is O=C(O)CCN1CCN(CCNc2cccc3c2C(=O)N(C2CCC(=O)NC2=O)C3=O)CC1. The van der Waals surface area contributed by atoms with Gasteiger partial charge in [0.05, 0.1) is 17.5 Å². The third kappa shape index (κ3) is 4.88. The molecule has 4 rings (SSSR count). The fraction of sp³-hybridized carbons (Fsp3) is 0.500. The Morgan fingerprint density at radius 3 is 2.39 bits per heavy atom. The Morgan fingerprint density at radius 1 is 1.03 bits per heavy atom. The van der Waals surface area contributed by atoms with Crippen LogP contribution < -0.4 is 10.6 Å². The van der Waals surface area contributed by atoms with Gasteiger partial charge < -0.3 is 15.3 Å². The van der Waals surface area contributed by atoms with Crippen LogP contribution in [0.4, 0.5) is 5.69 Å². The van der Waals surface area contributed by atoms with Crippen LogP contribution in [-0.4, -0.2) is 101 Å². The van der Waals surface area contributed by atoms with Gasteiger partial charge in [0.15, 0.2) is 0 Å². The number of anilines is 1. The first-order valence-electron chi connectivity index (χ1n) is 11.1. The molecular weight excluding hydrogens is 430 g/mol. The normalized spacial score (nSPS) is 21.8. The summed E-state index contributed by atoms with van der Waals surface area (Å²) in [6.07, 6.45) is 0.346. The second kappa shape index (κ2) is 9.67. The summed E-state index contributed by atoms with van der Waals surface area (Å²) < 4.78 is 0. The Labute approximate surface area is 190 Å². The lowest BCUT2D eigenvalue weighted by Crippen LogP contribution is -2.54. The summed E-state index contributed by atoms with van der Waals surface area (Å²) in [5.74, 6) is -2.87. The van der Waals surface area contributed by atoms with Gasteiger partial charge in [-0.05, 0) is 18.6 Å². The fourth-order valence-electron chi connectivity index (χ4n) is 4.50. The van der Waals surface area contributed by atoms with E-state index in [2.05, 4.69) is 20.4 Å². The predicted octanol–water partition coefficient (Wildman–Crippen LogP) is -0.408. The van der Waals surface area contributed by atoms with Crippen molar-refractivity contribution in [2.45, 2.75) is 25.3 Å². The summed E-state index contributed by atoms with van der Waals surface area (Å²) in [7, 11) is 0. The highest BCUT2D eigenvalue weighted by Crippen LogP contribution is 2.32. The third-order valence-electron chi connectivity index (χ3n) is 6.32. The van der Waals surface area contributed by atoms with Crippen molar-refractivity contribution in [3.8, 4) is 0 Å². The summed E-state index contributed by atoms with van der Waals surface area (Å²) in [6, 6.07) is 4.02. The molecule has 0 aromatic heterocycles. The molecule has 3 N–H and O–H groups in total. The number of aliphatic carboxylic acids is 1. The van der Waals surface area contributed by atoms with Gasteiger partial charge in [0.2, 0.25) is 11.8 Å². The highest BCUT2D eigenvalue weighted by atomic mass is 16.4. The predicted molar refractivity (Wildman–Crippen MR) is 117 cm³/mol. The number of piperazine rings is 1. The molecule has 0 spiro atoms. The molecule has 3 aliphatic rings. The van der Waals surface area contributed by atoms with Crippen molar-refractivity contribution in [2.24, 2.45) is 0 Å². The molecule has 176 valence electrons. The van der Waals surface area contributed by atoms with E-state index < -0.39 is 35.6 Å². The zero-order chi connectivity index (χ0) is 23.5. The van der Waals surface area contributed by atoms with Crippen molar-refractivity contribution in [3.05, 3.63) is 29.3 Å².